The lowest BCUT2D eigenvalue weighted by Crippen LogP contribution is -2.14. The molecule has 3 rings (SSSR count). The Balaban J connectivity index is 1.66. The molecule has 7 nitrogen and oxygen atoms in total. The summed E-state index contributed by atoms with van der Waals surface area (Å²) in [4.78, 5) is 12.1. The molecule has 1 heterocycles. The van der Waals surface area contributed by atoms with Crippen LogP contribution in [0.5, 0.6) is 5.75 Å². The van der Waals surface area contributed by atoms with Crippen molar-refractivity contribution in [3.8, 4) is 11.4 Å². The van der Waals surface area contributed by atoms with Gasteiger partial charge in [0, 0.05) is 5.69 Å². The van der Waals surface area contributed by atoms with Crippen LogP contribution in [0.15, 0.2) is 47.6 Å². The molecule has 2 N–H and O–H groups in total. The third kappa shape index (κ3) is 3.97. The van der Waals surface area contributed by atoms with Gasteiger partial charge in [-0.05, 0) is 59.7 Å². The molecule has 0 saturated heterocycles. The number of benzene rings is 2. The fourth-order valence-corrected chi connectivity index (χ4v) is 2.97. The molecule has 0 aliphatic rings. The lowest BCUT2D eigenvalue weighted by molar-refractivity contribution is -0.113. The maximum absolute atomic E-state index is 12.1. The van der Waals surface area contributed by atoms with Crippen LogP contribution in [0.2, 0.25) is 0 Å². The molecule has 0 atom stereocenters. The van der Waals surface area contributed by atoms with Crippen LogP contribution in [0.4, 0.5) is 5.69 Å². The molecule has 25 heavy (non-hydrogen) atoms. The van der Waals surface area contributed by atoms with Crippen LogP contribution in [0.25, 0.3) is 5.69 Å². The highest BCUT2D eigenvalue weighted by Crippen LogP contribution is 2.22. The lowest BCUT2D eigenvalue weighted by Gasteiger charge is -2.08. The topological polar surface area (TPSA) is 92.9 Å². The van der Waals surface area contributed by atoms with E-state index < -0.39 is 0 Å². The molecule has 0 spiro atoms. The van der Waals surface area contributed by atoms with Crippen molar-refractivity contribution in [2.45, 2.75) is 19.0 Å². The highest BCUT2D eigenvalue weighted by molar-refractivity contribution is 7.99. The van der Waals surface area contributed by atoms with Gasteiger partial charge in [-0.15, -0.1) is 5.10 Å². The summed E-state index contributed by atoms with van der Waals surface area (Å²) in [5.41, 5.74) is 3.26. The van der Waals surface area contributed by atoms with Gasteiger partial charge in [-0.3, -0.25) is 4.79 Å². The van der Waals surface area contributed by atoms with Crippen LogP contribution < -0.4 is 5.32 Å². The minimum absolute atomic E-state index is 0.172. The Bertz CT molecular complexity index is 910. The van der Waals surface area contributed by atoms with E-state index in [9.17, 15) is 9.90 Å². The van der Waals surface area contributed by atoms with Crippen molar-refractivity contribution in [3.63, 3.8) is 0 Å². The summed E-state index contributed by atoms with van der Waals surface area (Å²) < 4.78 is 1.62. The summed E-state index contributed by atoms with van der Waals surface area (Å²) in [5.74, 6) is 0.200. The number of thioether (sulfide) groups is 1. The fourth-order valence-electron chi connectivity index (χ4n) is 2.28. The van der Waals surface area contributed by atoms with Crippen molar-refractivity contribution >= 4 is 23.4 Å². The smallest absolute Gasteiger partial charge is 0.234 e. The number of para-hydroxylation sites is 1. The SMILES string of the molecule is Cc1cc(NC(=O)CSc2nnnn2-c2ccccc2C)ccc1O. The molecular weight excluding hydrogens is 338 g/mol. The molecule has 0 aliphatic heterocycles. The van der Waals surface area contributed by atoms with E-state index in [0.717, 1.165) is 11.3 Å². The second kappa shape index (κ2) is 7.35. The van der Waals surface area contributed by atoms with E-state index in [0.29, 0.717) is 16.4 Å². The van der Waals surface area contributed by atoms with Gasteiger partial charge in [0.2, 0.25) is 11.1 Å². The normalized spacial score (nSPS) is 10.6. The molecule has 3 aromatic rings. The third-order valence-electron chi connectivity index (χ3n) is 3.60. The minimum atomic E-state index is -0.172. The largest absolute Gasteiger partial charge is 0.508 e. The predicted octanol–water partition coefficient (Wildman–Crippen LogP) is 2.72. The molecular formula is C17H17N5O2S. The van der Waals surface area contributed by atoms with Gasteiger partial charge < -0.3 is 10.4 Å². The first kappa shape index (κ1) is 17.0. The second-order valence-electron chi connectivity index (χ2n) is 5.50. The number of tetrazole rings is 1. The number of carbonyl (C=O) groups excluding carboxylic acids is 1. The Hall–Kier alpha value is -2.87. The van der Waals surface area contributed by atoms with Crippen LogP contribution in [-0.4, -0.2) is 37.0 Å². The first-order chi connectivity index (χ1) is 12.0. The number of rotatable bonds is 5. The number of hydrogen-bond acceptors (Lipinski definition) is 6. The predicted molar refractivity (Wildman–Crippen MR) is 96.1 cm³/mol. The summed E-state index contributed by atoms with van der Waals surface area (Å²) >= 11 is 1.26. The number of amides is 1. The number of phenols is 1. The molecule has 0 saturated carbocycles. The van der Waals surface area contributed by atoms with Gasteiger partial charge in [-0.2, -0.15) is 4.68 Å². The first-order valence-electron chi connectivity index (χ1n) is 7.61. The van der Waals surface area contributed by atoms with Crippen molar-refractivity contribution in [2.75, 3.05) is 11.1 Å². The number of aromatic nitrogens is 4. The number of nitrogens with one attached hydrogen (secondary N) is 1. The summed E-state index contributed by atoms with van der Waals surface area (Å²) in [5, 5.41) is 24.6. The number of anilines is 1. The zero-order chi connectivity index (χ0) is 17.8. The maximum Gasteiger partial charge on any atom is 0.234 e. The van der Waals surface area contributed by atoms with E-state index >= 15 is 0 Å². The van der Waals surface area contributed by atoms with Gasteiger partial charge in [0.25, 0.3) is 0 Å². The van der Waals surface area contributed by atoms with Gasteiger partial charge >= 0.3 is 0 Å². The molecule has 8 heteroatoms. The third-order valence-corrected chi connectivity index (χ3v) is 4.52. The standard InChI is InChI=1S/C17H17N5O2S/c1-11-5-3-4-6-14(11)22-17(19-20-21-22)25-10-16(24)18-13-7-8-15(23)12(2)9-13/h3-9,23H,10H2,1-2H3,(H,18,24). The number of phenolic OH excluding ortho intramolecular Hbond substituents is 1. The van der Waals surface area contributed by atoms with Gasteiger partial charge in [0.1, 0.15) is 5.75 Å². The number of nitrogens with zero attached hydrogens (tertiary/aromatic N) is 4. The van der Waals surface area contributed by atoms with Crippen molar-refractivity contribution in [3.05, 3.63) is 53.6 Å². The number of hydrogen-bond donors (Lipinski definition) is 2. The summed E-state index contributed by atoms with van der Waals surface area (Å²) in [6, 6.07) is 12.7. The van der Waals surface area contributed by atoms with E-state index in [1.807, 2.05) is 31.2 Å². The Labute approximate surface area is 149 Å². The summed E-state index contributed by atoms with van der Waals surface area (Å²) in [6.45, 7) is 3.75. The van der Waals surface area contributed by atoms with Gasteiger partial charge in [0.15, 0.2) is 0 Å². The minimum Gasteiger partial charge on any atom is -0.508 e. The van der Waals surface area contributed by atoms with E-state index in [2.05, 4.69) is 20.8 Å². The van der Waals surface area contributed by atoms with Crippen molar-refractivity contribution < 1.29 is 9.90 Å². The zero-order valence-electron chi connectivity index (χ0n) is 13.8. The quantitative estimate of drug-likeness (QED) is 0.540. The molecule has 0 fully saturated rings. The monoisotopic (exact) mass is 355 g/mol. The Morgan fingerprint density at radius 2 is 2.00 bits per heavy atom. The molecule has 2 aromatic carbocycles. The highest BCUT2D eigenvalue weighted by Gasteiger charge is 2.13. The van der Waals surface area contributed by atoms with Crippen LogP contribution >= 0.6 is 11.8 Å². The molecule has 1 amide bonds. The molecule has 0 radical (unpaired) electrons. The average molecular weight is 355 g/mol. The van der Waals surface area contributed by atoms with Crippen molar-refractivity contribution in [1.29, 1.82) is 0 Å². The van der Waals surface area contributed by atoms with E-state index in [-0.39, 0.29) is 17.4 Å². The summed E-state index contributed by atoms with van der Waals surface area (Å²) in [6.07, 6.45) is 0. The molecule has 1 aromatic heterocycles. The Kier molecular flexibility index (Phi) is 4.99. The molecule has 128 valence electrons. The molecule has 0 aliphatic carbocycles. The van der Waals surface area contributed by atoms with Crippen LogP contribution in [0, 0.1) is 13.8 Å². The van der Waals surface area contributed by atoms with Crippen molar-refractivity contribution in [2.24, 2.45) is 0 Å². The average Bonchev–Trinajstić information content (AvgIpc) is 3.05. The van der Waals surface area contributed by atoms with Crippen LogP contribution in [0.1, 0.15) is 11.1 Å². The fraction of sp³-hybridized carbons (Fsp3) is 0.176. The zero-order valence-corrected chi connectivity index (χ0v) is 14.6. The maximum atomic E-state index is 12.1. The number of aryl methyl sites for hydroxylation is 2. The van der Waals surface area contributed by atoms with Gasteiger partial charge in [0.05, 0.1) is 11.4 Å². The number of aromatic hydroxyl groups is 1. The van der Waals surface area contributed by atoms with Crippen LogP contribution in [-0.2, 0) is 4.79 Å². The van der Waals surface area contributed by atoms with E-state index in [1.165, 1.54) is 11.8 Å². The van der Waals surface area contributed by atoms with Crippen LogP contribution in [0.3, 0.4) is 0 Å². The van der Waals surface area contributed by atoms with Gasteiger partial charge in [-0.1, -0.05) is 30.0 Å². The van der Waals surface area contributed by atoms with E-state index in [4.69, 9.17) is 0 Å². The Morgan fingerprint density at radius 3 is 2.76 bits per heavy atom. The lowest BCUT2D eigenvalue weighted by atomic mass is 10.2. The Morgan fingerprint density at radius 1 is 1.20 bits per heavy atom. The van der Waals surface area contributed by atoms with Crippen molar-refractivity contribution in [1.82, 2.24) is 20.2 Å². The van der Waals surface area contributed by atoms with E-state index in [1.54, 1.807) is 29.8 Å². The highest BCUT2D eigenvalue weighted by atomic mass is 32.2. The molecule has 0 bridgehead atoms. The second-order valence-corrected chi connectivity index (χ2v) is 6.44. The summed E-state index contributed by atoms with van der Waals surface area (Å²) in [7, 11) is 0. The first-order valence-corrected chi connectivity index (χ1v) is 8.60. The number of carbonyl (C=O) groups is 1. The molecule has 0 unspecified atom stereocenters. The van der Waals surface area contributed by atoms with Gasteiger partial charge in [-0.25, -0.2) is 0 Å².